The summed E-state index contributed by atoms with van der Waals surface area (Å²) < 4.78 is 70.6. The SMILES string of the molecule is C=C1C[C@@H]2CCC(O)/C=C/C(O[Si](C)(C)C(C)(C)C)[C@@H]3O[C@H]4CC[C@H](CC(=O)C[C@H]5C(C[C@H]6OC(CCC1O2)C[C@@H](C)C6=C)OC(C[C@@H](CO[Si](C)(C)C(C)(C)C)O[Si](C)(C)C(C)(C)C)[C@@H]5OC)O[C@@H]4[C@H](O)C3O[Si](C)(C)C(C)(C)C. The van der Waals surface area contributed by atoms with E-state index in [0.717, 1.165) is 36.8 Å². The Morgan fingerprint density at radius 3 is 1.78 bits per heavy atom. The van der Waals surface area contributed by atoms with Gasteiger partial charge in [0.25, 0.3) is 0 Å². The van der Waals surface area contributed by atoms with Crippen LogP contribution < -0.4 is 0 Å². The van der Waals surface area contributed by atoms with Crippen LogP contribution in [0.3, 0.4) is 0 Å². The normalized spacial score (nSPS) is 36.9. The highest BCUT2D eigenvalue weighted by molar-refractivity contribution is 6.75. The minimum Gasteiger partial charge on any atom is -0.414 e. The van der Waals surface area contributed by atoms with Crippen molar-refractivity contribution in [1.29, 1.82) is 0 Å². The van der Waals surface area contributed by atoms with Crippen LogP contribution in [0.2, 0.25) is 72.5 Å². The molecule has 8 heterocycles. The third-order valence-electron chi connectivity index (χ3n) is 21.4. The van der Waals surface area contributed by atoms with Crippen LogP contribution in [0, 0.1) is 11.8 Å². The third-order valence-corrected chi connectivity index (χ3v) is 39.4. The number of ketones is 1. The number of hydrogen-bond donors (Lipinski definition) is 2. The van der Waals surface area contributed by atoms with Crippen LogP contribution in [-0.2, 0) is 50.9 Å². The number of Topliss-reactive ketones (excluding diaryl/α,β-unsaturated/α-hetero) is 1. The Kier molecular flexibility index (Phi) is 22.7. The molecule has 2 N–H and O–H groups in total. The topological polar surface area (TPSA) is 150 Å². The van der Waals surface area contributed by atoms with Crippen molar-refractivity contribution in [3.63, 3.8) is 0 Å². The van der Waals surface area contributed by atoms with E-state index in [4.69, 9.17) is 46.1 Å². The van der Waals surface area contributed by atoms with Crippen molar-refractivity contribution in [1.82, 2.24) is 0 Å². The highest BCUT2D eigenvalue weighted by atomic mass is 28.4. The molecule has 81 heavy (non-hydrogen) atoms. The van der Waals surface area contributed by atoms with Crippen molar-refractivity contribution in [2.45, 2.75) is 337 Å². The first-order valence-electron chi connectivity index (χ1n) is 31.4. The largest absolute Gasteiger partial charge is 0.414 e. The molecule has 0 amide bonds. The molecule has 0 aliphatic carbocycles. The Balaban J connectivity index is 1.37. The van der Waals surface area contributed by atoms with Crippen molar-refractivity contribution in [3.05, 3.63) is 36.5 Å². The van der Waals surface area contributed by atoms with Gasteiger partial charge < -0.3 is 56.3 Å². The molecule has 7 unspecified atom stereocenters. The summed E-state index contributed by atoms with van der Waals surface area (Å²) in [6.07, 6.45) is 3.39. The maximum atomic E-state index is 15.0. The molecule has 8 rings (SSSR count). The number of ether oxygens (including phenoxy) is 6. The molecule has 13 nitrogen and oxygen atoms in total. The molecule has 8 aliphatic rings. The summed E-state index contributed by atoms with van der Waals surface area (Å²) in [6.45, 7) is 56.7. The number of aliphatic hydroxyl groups excluding tert-OH is 2. The fourth-order valence-corrected chi connectivity index (χ4v) is 16.9. The summed E-state index contributed by atoms with van der Waals surface area (Å²) in [4.78, 5) is 15.0. The van der Waals surface area contributed by atoms with Gasteiger partial charge in [0.05, 0.1) is 79.9 Å². The number of methoxy groups -OCH3 is 1. The number of hydrogen-bond acceptors (Lipinski definition) is 13. The lowest BCUT2D eigenvalue weighted by Gasteiger charge is -2.53. The predicted octanol–water partition coefficient (Wildman–Crippen LogP) is 13.9. The Labute approximate surface area is 497 Å². The highest BCUT2D eigenvalue weighted by Crippen LogP contribution is 2.47. The first-order chi connectivity index (χ1) is 37.0. The van der Waals surface area contributed by atoms with Crippen molar-refractivity contribution in [2.24, 2.45) is 11.8 Å². The van der Waals surface area contributed by atoms with Gasteiger partial charge in [0.1, 0.15) is 30.2 Å². The van der Waals surface area contributed by atoms with Gasteiger partial charge in [0, 0.05) is 38.7 Å². The monoisotopic (exact) mass is 1210 g/mol. The first kappa shape index (κ1) is 69.4. The molecular formula is C64H118O13Si4. The zero-order valence-corrected chi connectivity index (χ0v) is 59.0. The van der Waals surface area contributed by atoms with E-state index in [0.29, 0.717) is 45.1 Å². The lowest BCUT2D eigenvalue weighted by molar-refractivity contribution is -0.269. The van der Waals surface area contributed by atoms with Gasteiger partial charge in [-0.25, -0.2) is 0 Å². The van der Waals surface area contributed by atoms with E-state index in [9.17, 15) is 15.0 Å². The number of fused-ring (bicyclic) bond motifs is 2. The maximum absolute atomic E-state index is 15.0. The molecule has 0 aromatic heterocycles. The molecule has 0 radical (unpaired) electrons. The van der Waals surface area contributed by atoms with Crippen LogP contribution in [0.5, 0.6) is 0 Å². The summed E-state index contributed by atoms with van der Waals surface area (Å²) in [7, 11) is -7.73. The quantitative estimate of drug-likeness (QED) is 0.141. The van der Waals surface area contributed by atoms with E-state index < -0.39 is 88.2 Å². The Morgan fingerprint density at radius 2 is 1.17 bits per heavy atom. The number of aliphatic hydroxyl groups is 2. The second-order valence-electron chi connectivity index (χ2n) is 31.9. The molecule has 0 aromatic rings. The van der Waals surface area contributed by atoms with E-state index in [1.165, 1.54) is 0 Å². The second-order valence-corrected chi connectivity index (χ2v) is 50.9. The van der Waals surface area contributed by atoms with Crippen LogP contribution in [0.1, 0.15) is 167 Å². The molecule has 5 fully saturated rings. The van der Waals surface area contributed by atoms with Crippen LogP contribution in [-0.4, -0.2) is 161 Å². The molecule has 0 aromatic carbocycles. The molecular weight excluding hydrogens is 1090 g/mol. The zero-order chi connectivity index (χ0) is 60.8. The summed E-state index contributed by atoms with van der Waals surface area (Å²) in [6, 6.07) is 0. The van der Waals surface area contributed by atoms with E-state index in [1.807, 2.05) is 12.2 Å². The fourth-order valence-electron chi connectivity index (χ4n) is 11.9. The van der Waals surface area contributed by atoms with Gasteiger partial charge >= 0.3 is 0 Å². The highest BCUT2D eigenvalue weighted by Gasteiger charge is 2.56. The van der Waals surface area contributed by atoms with Gasteiger partial charge in [-0.2, -0.15) is 0 Å². The van der Waals surface area contributed by atoms with Crippen molar-refractivity contribution in [3.8, 4) is 0 Å². The van der Waals surface area contributed by atoms with Crippen molar-refractivity contribution in [2.75, 3.05) is 13.7 Å². The lowest BCUT2D eigenvalue weighted by Crippen LogP contribution is -2.67. The average Bonchev–Trinajstić information content (AvgIpc) is 3.87. The predicted molar refractivity (Wildman–Crippen MR) is 336 cm³/mol. The second kappa shape index (κ2) is 26.5. The van der Waals surface area contributed by atoms with Gasteiger partial charge in [-0.15, -0.1) is 0 Å². The molecule has 5 saturated heterocycles. The maximum Gasteiger partial charge on any atom is 0.193 e. The minimum atomic E-state index is -2.56. The number of carbonyl (C=O) groups is 1. The van der Waals surface area contributed by atoms with Crippen LogP contribution in [0.25, 0.3) is 0 Å². The van der Waals surface area contributed by atoms with Crippen LogP contribution >= 0.6 is 0 Å². The smallest absolute Gasteiger partial charge is 0.193 e. The first-order valence-corrected chi connectivity index (χ1v) is 43.1. The van der Waals surface area contributed by atoms with Crippen LogP contribution in [0.4, 0.5) is 0 Å². The molecule has 8 aliphatic heterocycles. The Hall–Kier alpha value is -0.722. The van der Waals surface area contributed by atoms with Crippen molar-refractivity contribution < 1.29 is 61.1 Å². The number of carbonyl (C=O) groups excluding carboxylic acids is 1. The van der Waals surface area contributed by atoms with Crippen LogP contribution in [0.15, 0.2) is 36.5 Å². The van der Waals surface area contributed by atoms with Gasteiger partial charge in [0.2, 0.25) is 0 Å². The summed E-state index contributed by atoms with van der Waals surface area (Å²) >= 11 is 0. The van der Waals surface area contributed by atoms with Gasteiger partial charge in [-0.3, -0.25) is 4.79 Å². The molecule has 8 bridgehead atoms. The summed E-state index contributed by atoms with van der Waals surface area (Å²) in [5.41, 5.74) is 2.14. The third kappa shape index (κ3) is 17.1. The zero-order valence-electron chi connectivity index (χ0n) is 55.0. The van der Waals surface area contributed by atoms with E-state index in [-0.39, 0.29) is 93.3 Å². The van der Waals surface area contributed by atoms with E-state index in [2.05, 4.69) is 156 Å². The summed E-state index contributed by atoms with van der Waals surface area (Å²) in [5.74, 6) is -0.0000835. The van der Waals surface area contributed by atoms with E-state index >= 15 is 0 Å². The standard InChI is InChI=1S/C64H118O13Si4/c1-40-33-46-28-31-50-41(2)34-45(70-50)27-25-43(65)26-30-52(76-80(21,22)63(10,11)12)59-60(77-81(23,24)64(13,14)15)56(67)58-51(74-59)32-29-47(72-58)35-44(66)36-49-54(38-53(71-46)42(40)3)73-55(57(49)68-16)37-48(75-79(19,20)62(7,8)9)39-69-78(17,18)61(4,5)6/h26,30,40,43,45-60,65,67H,2-3,25,27-29,31-39H2,1,4-24H3/b30-26+/t40-,43?,45+,46?,47-,48+,49+,50?,51+,52?,53-,54?,55?,56+,57-,58+,59+,60?/m1/s1. The van der Waals surface area contributed by atoms with Crippen molar-refractivity contribution >= 4 is 39.1 Å². The molecule has 0 saturated carbocycles. The Bertz CT molecular complexity index is 2140. The lowest BCUT2D eigenvalue weighted by atomic mass is 9.81. The average molecular weight is 1210 g/mol. The summed E-state index contributed by atoms with van der Waals surface area (Å²) in [5, 5.41) is 24.2. The molecule has 18 atom stereocenters. The Morgan fingerprint density at radius 1 is 0.605 bits per heavy atom. The van der Waals surface area contributed by atoms with Gasteiger partial charge in [-0.05, 0) is 141 Å². The minimum absolute atomic E-state index is 0.0165. The van der Waals surface area contributed by atoms with E-state index in [1.54, 1.807) is 7.11 Å². The molecule has 468 valence electrons. The van der Waals surface area contributed by atoms with Gasteiger partial charge in [-0.1, -0.05) is 115 Å². The fraction of sp³-hybridized carbons (Fsp3) is 0.891. The van der Waals surface area contributed by atoms with Gasteiger partial charge in [0.15, 0.2) is 33.3 Å². The number of rotatable bonds is 12. The molecule has 0 spiro atoms. The molecule has 17 heteroatoms.